The standard InChI is InChI=1S/C15H19N3O/c16-13-6-3-7-14-12(13)8-9-18(14)10-15(19)17-11-4-1-2-5-11/h3,6-9,11H,1-2,4-5,10,16H2,(H,17,19). The third-order valence-electron chi connectivity index (χ3n) is 3.88. The van der Waals surface area contributed by atoms with Crippen LogP contribution in [-0.2, 0) is 11.3 Å². The third kappa shape index (κ3) is 2.43. The zero-order valence-corrected chi connectivity index (χ0v) is 10.9. The van der Waals surface area contributed by atoms with E-state index in [1.807, 2.05) is 35.0 Å². The SMILES string of the molecule is Nc1cccc2c1ccn2CC(=O)NC1CCCC1. The van der Waals surface area contributed by atoms with E-state index in [1.165, 1.54) is 12.8 Å². The zero-order chi connectivity index (χ0) is 13.2. The number of nitrogens with zero attached hydrogens (tertiary/aromatic N) is 1. The molecule has 4 nitrogen and oxygen atoms in total. The molecule has 1 heterocycles. The molecule has 1 aromatic carbocycles. The lowest BCUT2D eigenvalue weighted by Gasteiger charge is -2.12. The van der Waals surface area contributed by atoms with Crippen molar-refractivity contribution < 1.29 is 4.79 Å². The van der Waals surface area contributed by atoms with Crippen LogP contribution in [0.25, 0.3) is 10.9 Å². The molecule has 1 amide bonds. The lowest BCUT2D eigenvalue weighted by atomic mass is 10.2. The minimum atomic E-state index is 0.0897. The normalized spacial score (nSPS) is 16.0. The first-order valence-corrected chi connectivity index (χ1v) is 6.87. The Balaban J connectivity index is 1.74. The van der Waals surface area contributed by atoms with Crippen molar-refractivity contribution in [1.82, 2.24) is 9.88 Å². The van der Waals surface area contributed by atoms with Gasteiger partial charge in [0.15, 0.2) is 0 Å². The molecule has 3 rings (SSSR count). The molecule has 0 spiro atoms. The lowest BCUT2D eigenvalue weighted by Crippen LogP contribution is -2.35. The summed E-state index contributed by atoms with van der Waals surface area (Å²) in [5.41, 5.74) is 7.69. The van der Waals surface area contributed by atoms with Gasteiger partial charge < -0.3 is 15.6 Å². The van der Waals surface area contributed by atoms with Gasteiger partial charge in [-0.15, -0.1) is 0 Å². The fraction of sp³-hybridized carbons (Fsp3) is 0.400. The summed E-state index contributed by atoms with van der Waals surface area (Å²) >= 11 is 0. The van der Waals surface area contributed by atoms with Gasteiger partial charge in [0.25, 0.3) is 0 Å². The van der Waals surface area contributed by atoms with Gasteiger partial charge in [-0.25, -0.2) is 0 Å². The van der Waals surface area contributed by atoms with E-state index in [9.17, 15) is 4.79 Å². The Kier molecular flexibility index (Phi) is 3.15. The molecule has 1 aliphatic rings. The number of hydrogen-bond donors (Lipinski definition) is 2. The smallest absolute Gasteiger partial charge is 0.240 e. The van der Waals surface area contributed by atoms with Gasteiger partial charge in [0.05, 0.1) is 5.52 Å². The molecular formula is C15H19N3O. The Bertz CT molecular complexity index is 596. The number of benzene rings is 1. The quantitative estimate of drug-likeness (QED) is 0.829. The summed E-state index contributed by atoms with van der Waals surface area (Å²) in [6, 6.07) is 8.13. The largest absolute Gasteiger partial charge is 0.398 e. The van der Waals surface area contributed by atoms with Crippen molar-refractivity contribution in [3.63, 3.8) is 0 Å². The number of nitrogen functional groups attached to an aromatic ring is 1. The van der Waals surface area contributed by atoms with Gasteiger partial charge in [0.1, 0.15) is 6.54 Å². The molecule has 0 radical (unpaired) electrons. The van der Waals surface area contributed by atoms with Crippen molar-refractivity contribution in [3.8, 4) is 0 Å². The molecule has 0 unspecified atom stereocenters. The Morgan fingerprint density at radius 1 is 1.32 bits per heavy atom. The molecule has 3 N–H and O–H groups in total. The van der Waals surface area contributed by atoms with Crippen LogP contribution in [-0.4, -0.2) is 16.5 Å². The Morgan fingerprint density at radius 3 is 2.89 bits per heavy atom. The Hall–Kier alpha value is -1.97. The summed E-state index contributed by atoms with van der Waals surface area (Å²) in [5, 5.41) is 4.12. The lowest BCUT2D eigenvalue weighted by molar-refractivity contribution is -0.122. The Labute approximate surface area is 112 Å². The zero-order valence-electron chi connectivity index (χ0n) is 10.9. The van der Waals surface area contributed by atoms with E-state index in [2.05, 4.69) is 5.32 Å². The van der Waals surface area contributed by atoms with Gasteiger partial charge >= 0.3 is 0 Å². The number of rotatable bonds is 3. The molecule has 0 bridgehead atoms. The fourth-order valence-electron chi connectivity index (χ4n) is 2.88. The molecule has 0 aliphatic heterocycles. The maximum atomic E-state index is 12.0. The second-order valence-electron chi connectivity index (χ2n) is 5.27. The van der Waals surface area contributed by atoms with Gasteiger partial charge in [0.2, 0.25) is 5.91 Å². The van der Waals surface area contributed by atoms with E-state index in [0.29, 0.717) is 12.6 Å². The molecular weight excluding hydrogens is 238 g/mol. The summed E-state index contributed by atoms with van der Waals surface area (Å²) in [6.45, 7) is 0.365. The Morgan fingerprint density at radius 2 is 2.11 bits per heavy atom. The molecule has 4 heteroatoms. The van der Waals surface area contributed by atoms with Crippen LogP contribution in [0, 0.1) is 0 Å². The van der Waals surface area contributed by atoms with Crippen molar-refractivity contribution >= 4 is 22.5 Å². The second-order valence-corrected chi connectivity index (χ2v) is 5.27. The van der Waals surface area contributed by atoms with Crippen LogP contribution in [0.15, 0.2) is 30.5 Å². The number of carbonyl (C=O) groups is 1. The molecule has 100 valence electrons. The highest BCUT2D eigenvalue weighted by Gasteiger charge is 2.17. The maximum absolute atomic E-state index is 12.0. The van der Waals surface area contributed by atoms with E-state index < -0.39 is 0 Å². The van der Waals surface area contributed by atoms with Crippen LogP contribution in [0.2, 0.25) is 0 Å². The van der Waals surface area contributed by atoms with Gasteiger partial charge in [0, 0.05) is 23.3 Å². The average molecular weight is 257 g/mol. The van der Waals surface area contributed by atoms with Crippen LogP contribution < -0.4 is 11.1 Å². The van der Waals surface area contributed by atoms with Crippen LogP contribution in [0.1, 0.15) is 25.7 Å². The van der Waals surface area contributed by atoms with E-state index in [1.54, 1.807) is 0 Å². The molecule has 1 aliphatic carbocycles. The summed E-state index contributed by atoms with van der Waals surface area (Å²) in [4.78, 5) is 12.0. The number of fused-ring (bicyclic) bond motifs is 1. The fourth-order valence-corrected chi connectivity index (χ4v) is 2.88. The highest BCUT2D eigenvalue weighted by Crippen LogP contribution is 2.22. The maximum Gasteiger partial charge on any atom is 0.240 e. The molecule has 1 fully saturated rings. The van der Waals surface area contributed by atoms with E-state index in [4.69, 9.17) is 5.73 Å². The highest BCUT2D eigenvalue weighted by atomic mass is 16.2. The molecule has 19 heavy (non-hydrogen) atoms. The van der Waals surface area contributed by atoms with Crippen LogP contribution in [0.4, 0.5) is 5.69 Å². The highest BCUT2D eigenvalue weighted by molar-refractivity contribution is 5.92. The molecule has 2 aromatic rings. The van der Waals surface area contributed by atoms with Crippen molar-refractivity contribution in [2.24, 2.45) is 0 Å². The van der Waals surface area contributed by atoms with Gasteiger partial charge in [-0.1, -0.05) is 18.9 Å². The summed E-state index contributed by atoms with van der Waals surface area (Å²) in [7, 11) is 0. The first-order valence-electron chi connectivity index (χ1n) is 6.87. The van der Waals surface area contributed by atoms with Gasteiger partial charge in [-0.05, 0) is 31.0 Å². The van der Waals surface area contributed by atoms with Crippen molar-refractivity contribution in [3.05, 3.63) is 30.5 Å². The predicted molar refractivity (Wildman–Crippen MR) is 76.7 cm³/mol. The minimum absolute atomic E-state index is 0.0897. The first-order chi connectivity index (χ1) is 9.24. The average Bonchev–Trinajstić information content (AvgIpc) is 3.01. The molecule has 0 saturated heterocycles. The van der Waals surface area contributed by atoms with Crippen LogP contribution in [0.3, 0.4) is 0 Å². The predicted octanol–water partition coefficient (Wildman–Crippen LogP) is 2.28. The molecule has 0 atom stereocenters. The van der Waals surface area contributed by atoms with Crippen LogP contribution in [0.5, 0.6) is 0 Å². The van der Waals surface area contributed by atoms with Crippen molar-refractivity contribution in [2.45, 2.75) is 38.3 Å². The summed E-state index contributed by atoms with van der Waals surface area (Å²) < 4.78 is 1.95. The molecule has 1 aromatic heterocycles. The van der Waals surface area contributed by atoms with Crippen LogP contribution >= 0.6 is 0 Å². The van der Waals surface area contributed by atoms with Crippen molar-refractivity contribution in [1.29, 1.82) is 0 Å². The summed E-state index contributed by atoms with van der Waals surface area (Å²) in [5.74, 6) is 0.0897. The van der Waals surface area contributed by atoms with Crippen molar-refractivity contribution in [2.75, 3.05) is 5.73 Å². The minimum Gasteiger partial charge on any atom is -0.398 e. The summed E-state index contributed by atoms with van der Waals surface area (Å²) in [6.07, 6.45) is 6.62. The number of nitrogens with two attached hydrogens (primary N) is 1. The van der Waals surface area contributed by atoms with E-state index >= 15 is 0 Å². The number of carbonyl (C=O) groups excluding carboxylic acids is 1. The second kappa shape index (κ2) is 4.96. The number of nitrogens with one attached hydrogen (secondary N) is 1. The first kappa shape index (κ1) is 12.1. The molecule has 1 saturated carbocycles. The number of hydrogen-bond acceptors (Lipinski definition) is 2. The van der Waals surface area contributed by atoms with Gasteiger partial charge in [-0.3, -0.25) is 4.79 Å². The topological polar surface area (TPSA) is 60.0 Å². The van der Waals surface area contributed by atoms with Gasteiger partial charge in [-0.2, -0.15) is 0 Å². The third-order valence-corrected chi connectivity index (χ3v) is 3.88. The van der Waals surface area contributed by atoms with E-state index in [0.717, 1.165) is 29.4 Å². The number of aromatic nitrogens is 1. The van der Waals surface area contributed by atoms with E-state index in [-0.39, 0.29) is 5.91 Å². The number of amides is 1. The number of anilines is 1. The monoisotopic (exact) mass is 257 g/mol.